The summed E-state index contributed by atoms with van der Waals surface area (Å²) in [5.74, 6) is 0.229. The van der Waals surface area contributed by atoms with Gasteiger partial charge in [-0.05, 0) is 70.0 Å². The lowest BCUT2D eigenvalue weighted by Gasteiger charge is -2.43. The van der Waals surface area contributed by atoms with Gasteiger partial charge in [-0.15, -0.1) is 0 Å². The van der Waals surface area contributed by atoms with Crippen LogP contribution in [-0.4, -0.2) is 46.8 Å². The topological polar surface area (TPSA) is 66.9 Å². The Morgan fingerprint density at radius 2 is 1.25 bits per heavy atom. The number of nitrogens with zero attached hydrogens (tertiary/aromatic N) is 2. The van der Waals surface area contributed by atoms with Gasteiger partial charge in [0.1, 0.15) is 0 Å². The van der Waals surface area contributed by atoms with Crippen molar-refractivity contribution in [2.24, 2.45) is 0 Å². The molecule has 6 nitrogen and oxygen atoms in total. The van der Waals surface area contributed by atoms with Crippen LogP contribution < -0.4 is 0 Å². The average molecular weight is 460 g/mol. The van der Waals surface area contributed by atoms with Gasteiger partial charge in [0, 0.05) is 25.2 Å². The Morgan fingerprint density at radius 3 is 1.54 bits per heavy atom. The van der Waals surface area contributed by atoms with Crippen molar-refractivity contribution in [2.45, 2.75) is 25.9 Å². The third kappa shape index (κ3) is 3.30. The molecule has 1 aliphatic rings. The number of piperazine rings is 1. The third-order valence-electron chi connectivity index (χ3n) is 4.08. The fraction of sp³-hybridized carbons (Fsp3) is 0.375. The minimum Gasteiger partial charge on any atom is -0.444 e. The van der Waals surface area contributed by atoms with E-state index in [-0.39, 0.29) is 35.4 Å². The molecule has 2 atom stereocenters. The highest BCUT2D eigenvalue weighted by molar-refractivity contribution is 9.10. The highest BCUT2D eigenvalue weighted by Gasteiger charge is 2.36. The van der Waals surface area contributed by atoms with Crippen molar-refractivity contribution in [3.8, 4) is 0 Å². The van der Waals surface area contributed by atoms with Crippen LogP contribution in [0.5, 0.6) is 0 Å². The lowest BCUT2D eigenvalue weighted by atomic mass is 10.1. The van der Waals surface area contributed by atoms with E-state index in [4.69, 9.17) is 8.83 Å². The quantitative estimate of drug-likeness (QED) is 0.685. The highest BCUT2D eigenvalue weighted by Crippen LogP contribution is 2.23. The van der Waals surface area contributed by atoms with Crippen LogP contribution in [0.25, 0.3) is 0 Å². The van der Waals surface area contributed by atoms with Crippen LogP contribution in [0.2, 0.25) is 0 Å². The summed E-state index contributed by atoms with van der Waals surface area (Å²) in [5.41, 5.74) is 0. The highest BCUT2D eigenvalue weighted by atomic mass is 79.9. The molecule has 0 saturated carbocycles. The summed E-state index contributed by atoms with van der Waals surface area (Å²) >= 11 is 6.41. The summed E-state index contributed by atoms with van der Waals surface area (Å²) in [4.78, 5) is 28.7. The number of rotatable bonds is 2. The molecule has 0 bridgehead atoms. The van der Waals surface area contributed by atoms with Crippen molar-refractivity contribution in [1.29, 1.82) is 0 Å². The van der Waals surface area contributed by atoms with Crippen molar-refractivity contribution in [1.82, 2.24) is 9.80 Å². The van der Waals surface area contributed by atoms with Gasteiger partial charge in [-0.3, -0.25) is 9.59 Å². The minimum absolute atomic E-state index is 0.125. The molecule has 8 heteroatoms. The molecule has 128 valence electrons. The second-order valence-corrected chi connectivity index (χ2v) is 7.38. The molecular weight excluding hydrogens is 444 g/mol. The molecule has 2 amide bonds. The first-order chi connectivity index (χ1) is 11.4. The Morgan fingerprint density at radius 1 is 0.875 bits per heavy atom. The maximum absolute atomic E-state index is 12.6. The Balaban J connectivity index is 1.74. The Hall–Kier alpha value is -1.54. The first-order valence-corrected chi connectivity index (χ1v) is 9.08. The molecule has 2 aromatic heterocycles. The summed E-state index contributed by atoms with van der Waals surface area (Å²) in [6.07, 6.45) is 0. The first kappa shape index (κ1) is 17.3. The van der Waals surface area contributed by atoms with E-state index in [2.05, 4.69) is 31.9 Å². The number of carbonyl (C=O) groups is 2. The second-order valence-electron chi connectivity index (χ2n) is 5.82. The average Bonchev–Trinajstić information content (AvgIpc) is 3.16. The summed E-state index contributed by atoms with van der Waals surface area (Å²) in [5, 5.41) is 0. The van der Waals surface area contributed by atoms with Gasteiger partial charge >= 0.3 is 0 Å². The van der Waals surface area contributed by atoms with Gasteiger partial charge < -0.3 is 18.6 Å². The van der Waals surface area contributed by atoms with Gasteiger partial charge in [0.15, 0.2) is 20.9 Å². The van der Waals surface area contributed by atoms with Gasteiger partial charge in [-0.1, -0.05) is 0 Å². The molecule has 0 aliphatic carbocycles. The van der Waals surface area contributed by atoms with Crippen LogP contribution in [-0.2, 0) is 0 Å². The van der Waals surface area contributed by atoms with E-state index in [1.165, 1.54) is 0 Å². The van der Waals surface area contributed by atoms with E-state index in [1.54, 1.807) is 34.1 Å². The Kier molecular flexibility index (Phi) is 4.87. The molecule has 1 aliphatic heterocycles. The molecule has 1 fully saturated rings. The van der Waals surface area contributed by atoms with Crippen LogP contribution in [0, 0.1) is 0 Å². The van der Waals surface area contributed by atoms with Crippen molar-refractivity contribution < 1.29 is 18.4 Å². The smallest absolute Gasteiger partial charge is 0.289 e. The lowest BCUT2D eigenvalue weighted by Crippen LogP contribution is -2.59. The number of hydrogen-bond acceptors (Lipinski definition) is 4. The third-order valence-corrected chi connectivity index (χ3v) is 4.93. The number of furan rings is 2. The zero-order valence-corrected chi connectivity index (χ0v) is 16.3. The number of halogens is 2. The normalized spacial score (nSPS) is 21.2. The van der Waals surface area contributed by atoms with Gasteiger partial charge in [0.2, 0.25) is 0 Å². The molecule has 0 aromatic carbocycles. The fourth-order valence-electron chi connectivity index (χ4n) is 2.83. The first-order valence-electron chi connectivity index (χ1n) is 7.49. The summed E-state index contributed by atoms with van der Waals surface area (Å²) in [6, 6.07) is 6.41. The predicted molar refractivity (Wildman–Crippen MR) is 93.8 cm³/mol. The molecule has 0 spiro atoms. The maximum Gasteiger partial charge on any atom is 0.289 e. The molecular formula is C16H16Br2N2O4. The van der Waals surface area contributed by atoms with E-state index in [0.29, 0.717) is 22.4 Å². The zero-order valence-electron chi connectivity index (χ0n) is 13.2. The summed E-state index contributed by atoms with van der Waals surface area (Å²) < 4.78 is 11.7. The Labute approximate surface area is 156 Å². The Bertz CT molecular complexity index is 705. The molecule has 3 rings (SSSR count). The SMILES string of the molecule is CC1CN(C(=O)c2ccc(Br)o2)C(C)CN1C(=O)c1ccc(Br)o1. The molecule has 1 saturated heterocycles. The van der Waals surface area contributed by atoms with Gasteiger partial charge in [-0.2, -0.15) is 0 Å². The van der Waals surface area contributed by atoms with Crippen molar-refractivity contribution in [3.63, 3.8) is 0 Å². The number of hydrogen-bond donors (Lipinski definition) is 0. The van der Waals surface area contributed by atoms with Crippen LogP contribution in [0.4, 0.5) is 0 Å². The van der Waals surface area contributed by atoms with E-state index in [0.717, 1.165) is 0 Å². The van der Waals surface area contributed by atoms with Gasteiger partial charge in [0.25, 0.3) is 11.8 Å². The largest absolute Gasteiger partial charge is 0.444 e. The molecule has 0 N–H and O–H groups in total. The van der Waals surface area contributed by atoms with E-state index >= 15 is 0 Å². The van der Waals surface area contributed by atoms with Crippen LogP contribution >= 0.6 is 31.9 Å². The minimum atomic E-state index is -0.173. The van der Waals surface area contributed by atoms with Gasteiger partial charge in [0.05, 0.1) is 0 Å². The molecule has 2 unspecified atom stereocenters. The van der Waals surface area contributed by atoms with Crippen molar-refractivity contribution in [3.05, 3.63) is 45.1 Å². The molecule has 24 heavy (non-hydrogen) atoms. The summed E-state index contributed by atoms with van der Waals surface area (Å²) in [7, 11) is 0. The van der Waals surface area contributed by atoms with Crippen molar-refractivity contribution >= 4 is 43.7 Å². The zero-order chi connectivity index (χ0) is 17.4. The maximum atomic E-state index is 12.6. The van der Waals surface area contributed by atoms with E-state index in [1.807, 2.05) is 13.8 Å². The number of carbonyl (C=O) groups excluding carboxylic acids is 2. The van der Waals surface area contributed by atoms with Crippen molar-refractivity contribution in [2.75, 3.05) is 13.1 Å². The second kappa shape index (κ2) is 6.76. The summed E-state index contributed by atoms with van der Waals surface area (Å²) in [6.45, 7) is 4.71. The lowest BCUT2D eigenvalue weighted by molar-refractivity contribution is 0.0237. The molecule has 3 heterocycles. The van der Waals surface area contributed by atoms with Gasteiger partial charge in [-0.25, -0.2) is 0 Å². The van der Waals surface area contributed by atoms with E-state index < -0.39 is 0 Å². The number of amides is 2. The monoisotopic (exact) mass is 458 g/mol. The molecule has 0 radical (unpaired) electrons. The fourth-order valence-corrected chi connectivity index (χ4v) is 3.45. The molecule has 2 aromatic rings. The standard InChI is InChI=1S/C16H16Br2N2O4/c1-9-7-20(16(22)12-4-6-14(18)24-12)10(2)8-19(9)15(21)11-3-5-13(17)23-11/h3-6,9-10H,7-8H2,1-2H3. The van der Waals surface area contributed by atoms with E-state index in [9.17, 15) is 9.59 Å². The van der Waals surface area contributed by atoms with Crippen LogP contribution in [0.15, 0.2) is 42.4 Å². The van der Waals surface area contributed by atoms with Crippen LogP contribution in [0.1, 0.15) is 35.0 Å². The predicted octanol–water partition coefficient (Wildman–Crippen LogP) is 3.77. The van der Waals surface area contributed by atoms with Crippen LogP contribution in [0.3, 0.4) is 0 Å².